The van der Waals surface area contributed by atoms with Gasteiger partial charge < -0.3 is 25.8 Å². The molecule has 4 N–H and O–H groups in total. The summed E-state index contributed by atoms with van der Waals surface area (Å²) in [6.45, 7) is 7.44. The Morgan fingerprint density at radius 3 is 2.48 bits per heavy atom. The lowest BCUT2D eigenvalue weighted by atomic mass is 10.1. The Bertz CT molecular complexity index is 524. The molecule has 2 rings (SSSR count). The molecule has 0 aliphatic carbocycles. The maximum absolute atomic E-state index is 11.7. The third-order valence-electron chi connectivity index (χ3n) is 2.90. The van der Waals surface area contributed by atoms with Gasteiger partial charge in [0.2, 0.25) is 5.91 Å². The number of carbonyl (C=O) groups excluding carboxylic acids is 1. The van der Waals surface area contributed by atoms with Crippen molar-refractivity contribution in [3.05, 3.63) is 12.1 Å². The van der Waals surface area contributed by atoms with Crippen LogP contribution in [0.2, 0.25) is 0 Å². The average Bonchev–Trinajstić information content (AvgIpc) is 2.37. The molecule has 0 aromatic heterocycles. The molecule has 0 fully saturated rings. The van der Waals surface area contributed by atoms with Crippen LogP contribution in [0.5, 0.6) is 11.5 Å². The number of anilines is 2. The summed E-state index contributed by atoms with van der Waals surface area (Å²) in [5.74, 6) is 1.35. The maximum atomic E-state index is 11.7. The lowest BCUT2D eigenvalue weighted by Crippen LogP contribution is -2.41. The van der Waals surface area contributed by atoms with E-state index in [4.69, 9.17) is 15.2 Å². The van der Waals surface area contributed by atoms with Crippen LogP contribution in [0.1, 0.15) is 27.2 Å². The van der Waals surface area contributed by atoms with Crippen LogP contribution in [-0.2, 0) is 4.79 Å². The SMILES string of the molecule is CC(C)(C)NC(=O)CCNc1cc2c(cc1N)OCCO2. The minimum absolute atomic E-state index is 0.00566. The predicted molar refractivity (Wildman–Crippen MR) is 82.8 cm³/mol. The van der Waals surface area contributed by atoms with Crippen LogP contribution in [0, 0.1) is 0 Å². The number of carbonyl (C=O) groups is 1. The van der Waals surface area contributed by atoms with Crippen molar-refractivity contribution in [2.75, 3.05) is 30.8 Å². The van der Waals surface area contributed by atoms with Crippen LogP contribution in [-0.4, -0.2) is 31.2 Å². The first kappa shape index (κ1) is 15.3. The number of hydrogen-bond donors (Lipinski definition) is 3. The van der Waals surface area contributed by atoms with Gasteiger partial charge in [-0.25, -0.2) is 0 Å². The molecule has 0 atom stereocenters. The fourth-order valence-corrected chi connectivity index (χ4v) is 2.05. The van der Waals surface area contributed by atoms with Gasteiger partial charge >= 0.3 is 0 Å². The fourth-order valence-electron chi connectivity index (χ4n) is 2.05. The zero-order valence-electron chi connectivity index (χ0n) is 12.8. The van der Waals surface area contributed by atoms with Crippen molar-refractivity contribution in [2.24, 2.45) is 0 Å². The summed E-state index contributed by atoms with van der Waals surface area (Å²) < 4.78 is 11.0. The van der Waals surface area contributed by atoms with Crippen molar-refractivity contribution in [3.8, 4) is 11.5 Å². The highest BCUT2D eigenvalue weighted by Crippen LogP contribution is 2.36. The first-order valence-corrected chi connectivity index (χ1v) is 7.09. The normalized spacial score (nSPS) is 13.7. The maximum Gasteiger partial charge on any atom is 0.222 e. The molecule has 1 aliphatic rings. The topological polar surface area (TPSA) is 85.6 Å². The monoisotopic (exact) mass is 293 g/mol. The standard InChI is InChI=1S/C15H23N3O3/c1-15(2,3)18-14(19)4-5-17-11-9-13-12(8-10(11)16)20-6-7-21-13/h8-9,17H,4-7,16H2,1-3H3,(H,18,19). The van der Waals surface area contributed by atoms with E-state index < -0.39 is 0 Å². The van der Waals surface area contributed by atoms with E-state index in [0.29, 0.717) is 43.4 Å². The van der Waals surface area contributed by atoms with Crippen molar-refractivity contribution in [2.45, 2.75) is 32.7 Å². The zero-order chi connectivity index (χ0) is 15.5. The number of nitrogen functional groups attached to an aromatic ring is 1. The Balaban J connectivity index is 1.90. The molecule has 0 unspecified atom stereocenters. The summed E-state index contributed by atoms with van der Waals surface area (Å²) in [7, 11) is 0. The summed E-state index contributed by atoms with van der Waals surface area (Å²) in [5.41, 5.74) is 7.08. The molecule has 0 spiro atoms. The summed E-state index contributed by atoms with van der Waals surface area (Å²) in [4.78, 5) is 11.7. The van der Waals surface area contributed by atoms with Gasteiger partial charge in [-0.1, -0.05) is 0 Å². The number of ether oxygens (including phenoxy) is 2. The number of benzene rings is 1. The highest BCUT2D eigenvalue weighted by Gasteiger charge is 2.16. The lowest BCUT2D eigenvalue weighted by molar-refractivity contribution is -0.122. The van der Waals surface area contributed by atoms with Crippen molar-refractivity contribution in [1.82, 2.24) is 5.32 Å². The van der Waals surface area contributed by atoms with Gasteiger partial charge in [0.05, 0.1) is 11.4 Å². The van der Waals surface area contributed by atoms with Crippen molar-refractivity contribution >= 4 is 17.3 Å². The number of nitrogens with two attached hydrogens (primary N) is 1. The average molecular weight is 293 g/mol. The Labute approximate surface area is 125 Å². The molecular formula is C15H23N3O3. The van der Waals surface area contributed by atoms with E-state index in [-0.39, 0.29) is 11.4 Å². The summed E-state index contributed by atoms with van der Waals surface area (Å²) in [6, 6.07) is 3.55. The van der Waals surface area contributed by atoms with E-state index in [1.807, 2.05) is 26.8 Å². The predicted octanol–water partition coefficient (Wildman–Crippen LogP) is 1.76. The van der Waals surface area contributed by atoms with E-state index in [1.54, 1.807) is 6.07 Å². The lowest BCUT2D eigenvalue weighted by Gasteiger charge is -2.21. The molecule has 116 valence electrons. The minimum atomic E-state index is -0.215. The molecule has 0 saturated heterocycles. The fraction of sp³-hybridized carbons (Fsp3) is 0.533. The molecule has 1 aromatic carbocycles. The van der Waals surface area contributed by atoms with Crippen LogP contribution in [0.3, 0.4) is 0 Å². The molecular weight excluding hydrogens is 270 g/mol. The molecule has 21 heavy (non-hydrogen) atoms. The molecule has 0 saturated carbocycles. The van der Waals surface area contributed by atoms with E-state index in [0.717, 1.165) is 5.69 Å². The molecule has 1 amide bonds. The number of hydrogen-bond acceptors (Lipinski definition) is 5. The smallest absolute Gasteiger partial charge is 0.222 e. The molecule has 1 heterocycles. The third-order valence-corrected chi connectivity index (χ3v) is 2.90. The van der Waals surface area contributed by atoms with Gasteiger partial charge in [0, 0.05) is 30.6 Å². The molecule has 6 heteroatoms. The first-order chi connectivity index (χ1) is 9.85. The van der Waals surface area contributed by atoms with Gasteiger partial charge in [-0.05, 0) is 20.8 Å². The molecule has 1 aliphatic heterocycles. The van der Waals surface area contributed by atoms with Gasteiger partial charge in [0.25, 0.3) is 0 Å². The highest BCUT2D eigenvalue weighted by atomic mass is 16.6. The Kier molecular flexibility index (Phi) is 4.45. The number of rotatable bonds is 4. The number of fused-ring (bicyclic) bond motifs is 1. The summed E-state index contributed by atoms with van der Waals surface area (Å²) in [6.07, 6.45) is 0.380. The Morgan fingerprint density at radius 2 is 1.86 bits per heavy atom. The largest absolute Gasteiger partial charge is 0.486 e. The quantitative estimate of drug-likeness (QED) is 0.736. The van der Waals surface area contributed by atoms with Crippen LogP contribution < -0.4 is 25.8 Å². The second kappa shape index (κ2) is 6.11. The third kappa shape index (κ3) is 4.44. The van der Waals surface area contributed by atoms with Crippen LogP contribution in [0.4, 0.5) is 11.4 Å². The van der Waals surface area contributed by atoms with Gasteiger partial charge in [-0.15, -0.1) is 0 Å². The number of amides is 1. The number of nitrogens with one attached hydrogen (secondary N) is 2. The Morgan fingerprint density at radius 1 is 1.24 bits per heavy atom. The summed E-state index contributed by atoms with van der Waals surface area (Å²) >= 11 is 0. The van der Waals surface area contributed by atoms with Crippen molar-refractivity contribution < 1.29 is 14.3 Å². The minimum Gasteiger partial charge on any atom is -0.486 e. The molecule has 6 nitrogen and oxygen atoms in total. The van der Waals surface area contributed by atoms with Gasteiger partial charge in [0.1, 0.15) is 13.2 Å². The van der Waals surface area contributed by atoms with Gasteiger partial charge in [-0.2, -0.15) is 0 Å². The second-order valence-electron chi connectivity index (χ2n) is 6.06. The van der Waals surface area contributed by atoms with Crippen LogP contribution in [0.25, 0.3) is 0 Å². The van der Waals surface area contributed by atoms with Crippen LogP contribution >= 0.6 is 0 Å². The molecule has 0 radical (unpaired) electrons. The van der Waals surface area contributed by atoms with Crippen molar-refractivity contribution in [1.29, 1.82) is 0 Å². The van der Waals surface area contributed by atoms with Gasteiger partial charge in [0.15, 0.2) is 11.5 Å². The van der Waals surface area contributed by atoms with Crippen LogP contribution in [0.15, 0.2) is 12.1 Å². The zero-order valence-corrected chi connectivity index (χ0v) is 12.8. The van der Waals surface area contributed by atoms with E-state index in [9.17, 15) is 4.79 Å². The van der Waals surface area contributed by atoms with Crippen molar-refractivity contribution in [3.63, 3.8) is 0 Å². The van der Waals surface area contributed by atoms with Gasteiger partial charge in [-0.3, -0.25) is 4.79 Å². The Hall–Kier alpha value is -2.11. The van der Waals surface area contributed by atoms with E-state index >= 15 is 0 Å². The first-order valence-electron chi connectivity index (χ1n) is 7.09. The summed E-state index contributed by atoms with van der Waals surface area (Å²) in [5, 5.41) is 6.07. The molecule has 0 bridgehead atoms. The van der Waals surface area contributed by atoms with E-state index in [2.05, 4.69) is 10.6 Å². The molecule has 1 aromatic rings. The second-order valence-corrected chi connectivity index (χ2v) is 6.06. The van der Waals surface area contributed by atoms with E-state index in [1.165, 1.54) is 0 Å². The highest BCUT2D eigenvalue weighted by molar-refractivity contribution is 5.78.